The number of halogens is 3. The Balaban J connectivity index is 2.66. The Kier molecular flexibility index (Phi) is 4.79. The third kappa shape index (κ3) is 3.05. The lowest BCUT2D eigenvalue weighted by molar-refractivity contribution is -0.141. The van der Waals surface area contributed by atoms with Gasteiger partial charge in [-0.1, -0.05) is 0 Å². The number of imide groups is 1. The molecule has 2 rings (SSSR count). The molecule has 128 valence electrons. The molecule has 0 saturated heterocycles. The van der Waals surface area contributed by atoms with Crippen molar-refractivity contribution >= 4 is 23.4 Å². The maximum Gasteiger partial charge on any atom is 0.434 e. The van der Waals surface area contributed by atoms with Crippen molar-refractivity contribution in [1.82, 2.24) is 20.5 Å². The van der Waals surface area contributed by atoms with Crippen molar-refractivity contribution < 1.29 is 22.8 Å². The topological polar surface area (TPSA) is 98.1 Å². The van der Waals surface area contributed by atoms with Gasteiger partial charge in [0.15, 0.2) is 5.69 Å². The monoisotopic (exact) mass is 359 g/mol. The number of carbonyl (C=O) groups excluding carboxylic acids is 2. The van der Waals surface area contributed by atoms with Gasteiger partial charge in [0.05, 0.1) is 22.0 Å². The van der Waals surface area contributed by atoms with Gasteiger partial charge in [0.2, 0.25) is 0 Å². The number of nitrogens with one attached hydrogen (secondary N) is 2. The molecule has 2 N–H and O–H groups in total. The normalized spacial score (nSPS) is 18.2. The largest absolute Gasteiger partial charge is 0.434 e. The van der Waals surface area contributed by atoms with E-state index in [1.54, 1.807) is 13.0 Å². The lowest BCUT2D eigenvalue weighted by Crippen LogP contribution is -2.53. The molecule has 0 spiro atoms. The molecule has 2 heterocycles. The molecule has 11 heteroatoms. The van der Waals surface area contributed by atoms with E-state index in [1.165, 1.54) is 6.92 Å². The first-order valence-corrected chi connectivity index (χ1v) is 7.59. The molecule has 1 unspecified atom stereocenters. The molecule has 0 aliphatic carbocycles. The van der Waals surface area contributed by atoms with E-state index in [0.717, 1.165) is 5.51 Å². The van der Waals surface area contributed by atoms with Gasteiger partial charge >= 0.3 is 18.2 Å². The number of rotatable bonds is 2. The van der Waals surface area contributed by atoms with Gasteiger partial charge in [-0.05, 0) is 13.8 Å². The van der Waals surface area contributed by atoms with Crippen LogP contribution < -0.4 is 10.6 Å². The van der Waals surface area contributed by atoms with Crippen LogP contribution in [-0.4, -0.2) is 28.5 Å². The number of hydrogen-bond donors (Lipinski definition) is 2. The lowest BCUT2D eigenvalue weighted by atomic mass is 9.99. The zero-order chi connectivity index (χ0) is 18.1. The second kappa shape index (κ2) is 6.48. The van der Waals surface area contributed by atoms with Crippen LogP contribution in [0.15, 0.2) is 16.8 Å². The molecule has 4 amide bonds. The Bertz CT molecular complexity index is 750. The van der Waals surface area contributed by atoms with Crippen LogP contribution in [-0.2, 0) is 6.18 Å². The molecule has 24 heavy (non-hydrogen) atoms. The van der Waals surface area contributed by atoms with E-state index in [4.69, 9.17) is 0 Å². The number of allylic oxidation sites excluding steroid dienone is 1. The summed E-state index contributed by atoms with van der Waals surface area (Å²) in [5.41, 5.74) is -0.322. The number of urea groups is 2. The zero-order valence-electron chi connectivity index (χ0n) is 12.6. The van der Waals surface area contributed by atoms with Gasteiger partial charge in [0.25, 0.3) is 0 Å². The standard InChI is InChI=1S/C13H12F3N5O2S/c1-3-18-11(22)21-8(7(4-17)6(2)20-12(21)23)9-10(13(14,15)16)19-5-24-9/h5,8H,3H2,1-2H3,(H,18,22)(H,20,23). The lowest BCUT2D eigenvalue weighted by Gasteiger charge is -2.34. The van der Waals surface area contributed by atoms with Crippen molar-refractivity contribution in [2.75, 3.05) is 6.54 Å². The Hall–Kier alpha value is -2.61. The van der Waals surface area contributed by atoms with E-state index in [9.17, 15) is 28.0 Å². The van der Waals surface area contributed by atoms with Crippen LogP contribution in [0.5, 0.6) is 0 Å². The van der Waals surface area contributed by atoms with Crippen molar-refractivity contribution in [2.45, 2.75) is 26.1 Å². The van der Waals surface area contributed by atoms with Crippen molar-refractivity contribution in [3.05, 3.63) is 27.4 Å². The highest BCUT2D eigenvalue weighted by Gasteiger charge is 2.45. The van der Waals surface area contributed by atoms with Crippen LogP contribution in [0.1, 0.15) is 30.5 Å². The summed E-state index contributed by atoms with van der Waals surface area (Å²) >= 11 is 0.627. The Morgan fingerprint density at radius 1 is 1.58 bits per heavy atom. The van der Waals surface area contributed by atoms with Gasteiger partial charge in [-0.3, -0.25) is 0 Å². The summed E-state index contributed by atoms with van der Waals surface area (Å²) in [6, 6.07) is -1.53. The third-order valence-electron chi connectivity index (χ3n) is 3.23. The Morgan fingerprint density at radius 3 is 2.79 bits per heavy atom. The van der Waals surface area contributed by atoms with Crippen LogP contribution in [0.3, 0.4) is 0 Å². The molecule has 0 aromatic carbocycles. The number of amides is 4. The fourth-order valence-corrected chi connectivity index (χ4v) is 3.14. The SMILES string of the molecule is CCNC(=O)N1C(=O)NC(C)=C(C#N)C1c1scnc1C(F)(F)F. The van der Waals surface area contributed by atoms with Crippen LogP contribution in [0.25, 0.3) is 0 Å². The summed E-state index contributed by atoms with van der Waals surface area (Å²) < 4.78 is 39.5. The van der Waals surface area contributed by atoms with E-state index in [2.05, 4.69) is 15.6 Å². The smallest absolute Gasteiger partial charge is 0.338 e. The zero-order valence-corrected chi connectivity index (χ0v) is 13.4. The van der Waals surface area contributed by atoms with E-state index in [1.807, 2.05) is 0 Å². The first kappa shape index (κ1) is 17.7. The highest BCUT2D eigenvalue weighted by atomic mass is 32.1. The third-order valence-corrected chi connectivity index (χ3v) is 4.11. The minimum absolute atomic E-state index is 0.0922. The molecular formula is C13H12F3N5O2S. The number of nitrogens with zero attached hydrogens (tertiary/aromatic N) is 3. The van der Waals surface area contributed by atoms with Crippen molar-refractivity contribution in [1.29, 1.82) is 5.26 Å². The van der Waals surface area contributed by atoms with Crippen LogP contribution in [0, 0.1) is 11.3 Å². The van der Waals surface area contributed by atoms with Gasteiger partial charge in [0, 0.05) is 12.2 Å². The first-order valence-electron chi connectivity index (χ1n) is 6.71. The molecule has 1 atom stereocenters. The molecular weight excluding hydrogens is 347 g/mol. The molecule has 7 nitrogen and oxygen atoms in total. The average molecular weight is 359 g/mol. The van der Waals surface area contributed by atoms with Gasteiger partial charge in [-0.25, -0.2) is 19.5 Å². The summed E-state index contributed by atoms with van der Waals surface area (Å²) in [7, 11) is 0. The molecule has 1 aromatic rings. The molecule has 0 saturated carbocycles. The number of carbonyl (C=O) groups is 2. The summed E-state index contributed by atoms with van der Waals surface area (Å²) in [6.07, 6.45) is -4.77. The second-order valence-corrected chi connectivity index (χ2v) is 5.64. The molecule has 0 bridgehead atoms. The minimum atomic E-state index is -4.77. The van der Waals surface area contributed by atoms with Crippen LogP contribution in [0.4, 0.5) is 22.8 Å². The van der Waals surface area contributed by atoms with Crippen LogP contribution >= 0.6 is 11.3 Å². The molecule has 1 aromatic heterocycles. The van der Waals surface area contributed by atoms with Gasteiger partial charge in [-0.15, -0.1) is 11.3 Å². The number of nitriles is 1. The summed E-state index contributed by atoms with van der Waals surface area (Å²) in [5.74, 6) is 0. The fourth-order valence-electron chi connectivity index (χ4n) is 2.24. The van der Waals surface area contributed by atoms with Crippen molar-refractivity contribution in [3.8, 4) is 6.07 Å². The summed E-state index contributed by atoms with van der Waals surface area (Å²) in [5, 5.41) is 14.0. The first-order chi connectivity index (χ1) is 11.2. The maximum atomic E-state index is 13.2. The van der Waals surface area contributed by atoms with E-state index >= 15 is 0 Å². The quantitative estimate of drug-likeness (QED) is 0.848. The van der Waals surface area contributed by atoms with Gasteiger partial charge < -0.3 is 10.6 Å². The van der Waals surface area contributed by atoms with E-state index < -0.39 is 30.0 Å². The van der Waals surface area contributed by atoms with Crippen molar-refractivity contribution in [2.24, 2.45) is 0 Å². The fraction of sp³-hybridized carbons (Fsp3) is 0.385. The second-order valence-electron chi connectivity index (χ2n) is 4.75. The highest BCUT2D eigenvalue weighted by Crippen LogP contribution is 2.42. The Morgan fingerprint density at radius 2 is 2.25 bits per heavy atom. The van der Waals surface area contributed by atoms with Gasteiger partial charge in [0.1, 0.15) is 6.04 Å². The predicted molar refractivity (Wildman–Crippen MR) is 77.6 cm³/mol. The number of hydrogen-bond acceptors (Lipinski definition) is 5. The highest BCUT2D eigenvalue weighted by molar-refractivity contribution is 7.09. The van der Waals surface area contributed by atoms with E-state index in [-0.39, 0.29) is 22.7 Å². The van der Waals surface area contributed by atoms with Crippen LogP contribution in [0.2, 0.25) is 0 Å². The average Bonchev–Trinajstić information content (AvgIpc) is 2.95. The number of thiazole rings is 1. The molecule has 0 radical (unpaired) electrons. The number of alkyl halides is 3. The maximum absolute atomic E-state index is 13.2. The van der Waals surface area contributed by atoms with E-state index in [0.29, 0.717) is 16.2 Å². The van der Waals surface area contributed by atoms with Gasteiger partial charge in [-0.2, -0.15) is 18.4 Å². The van der Waals surface area contributed by atoms with Crippen molar-refractivity contribution in [3.63, 3.8) is 0 Å². The molecule has 1 aliphatic rings. The molecule has 1 aliphatic heterocycles. The Labute approximate surface area is 138 Å². The number of aromatic nitrogens is 1. The summed E-state index contributed by atoms with van der Waals surface area (Å²) in [6.45, 7) is 3.14. The summed E-state index contributed by atoms with van der Waals surface area (Å²) in [4.78, 5) is 27.8. The predicted octanol–water partition coefficient (Wildman–Crippen LogP) is 2.76. The molecule has 0 fully saturated rings. The minimum Gasteiger partial charge on any atom is -0.338 e.